The van der Waals surface area contributed by atoms with Gasteiger partial charge in [-0.2, -0.15) is 0 Å². The van der Waals surface area contributed by atoms with E-state index in [1.165, 1.54) is 63.8 Å². The van der Waals surface area contributed by atoms with E-state index in [9.17, 15) is 0 Å². The van der Waals surface area contributed by atoms with E-state index in [1.807, 2.05) is 19.2 Å². The zero-order chi connectivity index (χ0) is 21.4. The normalized spacial score (nSPS) is 21.1. The molecule has 0 radical (unpaired) electrons. The van der Waals surface area contributed by atoms with Gasteiger partial charge in [0.05, 0.1) is 6.54 Å². The third kappa shape index (κ3) is 7.79. The smallest absolute Gasteiger partial charge is 0.191 e. The van der Waals surface area contributed by atoms with Crippen LogP contribution in [0.3, 0.4) is 0 Å². The van der Waals surface area contributed by atoms with Crippen LogP contribution < -0.4 is 15.4 Å². The molecule has 7 heteroatoms. The van der Waals surface area contributed by atoms with Crippen molar-refractivity contribution in [1.29, 1.82) is 0 Å². The first-order valence-corrected chi connectivity index (χ1v) is 11.6. The highest BCUT2D eigenvalue weighted by atomic mass is 127. The van der Waals surface area contributed by atoms with Crippen LogP contribution in [0.15, 0.2) is 29.3 Å². The van der Waals surface area contributed by atoms with E-state index < -0.39 is 0 Å². The average Bonchev–Trinajstić information content (AvgIpc) is 2.76. The Morgan fingerprint density at radius 2 is 1.84 bits per heavy atom. The summed E-state index contributed by atoms with van der Waals surface area (Å²) in [5.74, 6) is 1.78. The summed E-state index contributed by atoms with van der Waals surface area (Å²) in [6.45, 7) is 10.7. The van der Waals surface area contributed by atoms with E-state index in [2.05, 4.69) is 58.5 Å². The SMILES string of the molecule is CN=C(NCC(C)Oc1cccc(C)c1)NCC1(N2CCCCC2)CCN(C)CC1.I. The van der Waals surface area contributed by atoms with Crippen molar-refractivity contribution in [1.82, 2.24) is 20.4 Å². The molecule has 1 aromatic rings. The Morgan fingerprint density at radius 1 is 1.13 bits per heavy atom. The molecule has 0 spiro atoms. The third-order valence-electron chi connectivity index (χ3n) is 6.64. The number of nitrogens with one attached hydrogen (secondary N) is 2. The highest BCUT2D eigenvalue weighted by Gasteiger charge is 2.39. The number of piperidine rings is 2. The van der Waals surface area contributed by atoms with Gasteiger partial charge in [0.2, 0.25) is 0 Å². The maximum atomic E-state index is 6.05. The lowest BCUT2D eigenvalue weighted by molar-refractivity contribution is 0.0173. The van der Waals surface area contributed by atoms with Crippen LogP contribution in [0, 0.1) is 6.92 Å². The summed E-state index contributed by atoms with van der Waals surface area (Å²) in [4.78, 5) is 9.68. The minimum Gasteiger partial charge on any atom is -0.489 e. The molecule has 176 valence electrons. The first kappa shape index (κ1) is 26.2. The Morgan fingerprint density at radius 3 is 2.48 bits per heavy atom. The molecule has 3 rings (SSSR count). The standard InChI is InChI=1S/C24H41N5O.HI/c1-20-9-8-10-22(17-20)30-21(2)18-26-23(25-3)27-19-24(11-15-28(4)16-12-24)29-13-6-5-7-14-29;/h8-10,17,21H,5-7,11-16,18-19H2,1-4H3,(H2,25,26,27);1H. The van der Waals surface area contributed by atoms with Gasteiger partial charge in [-0.05, 0) is 90.5 Å². The quantitative estimate of drug-likeness (QED) is 0.314. The number of halogens is 1. The van der Waals surface area contributed by atoms with Gasteiger partial charge >= 0.3 is 0 Å². The van der Waals surface area contributed by atoms with Crippen molar-refractivity contribution in [3.63, 3.8) is 0 Å². The molecule has 2 saturated heterocycles. The van der Waals surface area contributed by atoms with Crippen molar-refractivity contribution < 1.29 is 4.74 Å². The molecule has 0 aliphatic carbocycles. The van der Waals surface area contributed by atoms with Gasteiger partial charge in [0.15, 0.2) is 5.96 Å². The molecular weight excluding hydrogens is 501 g/mol. The maximum absolute atomic E-state index is 6.05. The van der Waals surface area contributed by atoms with E-state index in [0.29, 0.717) is 6.54 Å². The largest absolute Gasteiger partial charge is 0.489 e. The summed E-state index contributed by atoms with van der Waals surface area (Å²) in [5, 5.41) is 7.10. The Balaban J connectivity index is 0.00000341. The summed E-state index contributed by atoms with van der Waals surface area (Å²) < 4.78 is 6.05. The van der Waals surface area contributed by atoms with E-state index in [1.54, 1.807) is 0 Å². The number of aryl methyl sites for hydroxylation is 1. The van der Waals surface area contributed by atoms with E-state index in [4.69, 9.17) is 4.74 Å². The summed E-state index contributed by atoms with van der Waals surface area (Å²) in [6, 6.07) is 8.21. The molecule has 6 nitrogen and oxygen atoms in total. The molecule has 2 N–H and O–H groups in total. The number of likely N-dealkylation sites (tertiary alicyclic amines) is 2. The van der Waals surface area contributed by atoms with Gasteiger partial charge in [-0.25, -0.2) is 0 Å². The van der Waals surface area contributed by atoms with Gasteiger partial charge in [0, 0.05) is 19.1 Å². The van der Waals surface area contributed by atoms with Gasteiger partial charge in [0.1, 0.15) is 11.9 Å². The summed E-state index contributed by atoms with van der Waals surface area (Å²) in [7, 11) is 4.09. The van der Waals surface area contributed by atoms with Crippen molar-refractivity contribution >= 4 is 29.9 Å². The minimum absolute atomic E-state index is 0. The molecule has 1 atom stereocenters. The monoisotopic (exact) mass is 543 g/mol. The Kier molecular flexibility index (Phi) is 10.9. The molecular formula is C24H42IN5O. The van der Waals surface area contributed by atoms with Crippen LogP contribution in [-0.4, -0.2) is 80.8 Å². The third-order valence-corrected chi connectivity index (χ3v) is 6.64. The number of benzene rings is 1. The topological polar surface area (TPSA) is 52.1 Å². The minimum atomic E-state index is 0. The van der Waals surface area contributed by atoms with Gasteiger partial charge in [0.25, 0.3) is 0 Å². The van der Waals surface area contributed by atoms with Crippen molar-refractivity contribution in [3.05, 3.63) is 29.8 Å². The Bertz CT molecular complexity index is 684. The molecule has 1 aromatic carbocycles. The van der Waals surface area contributed by atoms with Crippen molar-refractivity contribution in [2.75, 3.05) is 53.4 Å². The fourth-order valence-corrected chi connectivity index (χ4v) is 4.68. The second kappa shape index (κ2) is 12.8. The molecule has 2 heterocycles. The van der Waals surface area contributed by atoms with Gasteiger partial charge in [-0.3, -0.25) is 9.89 Å². The van der Waals surface area contributed by atoms with Crippen LogP contribution in [0.5, 0.6) is 5.75 Å². The molecule has 2 fully saturated rings. The van der Waals surface area contributed by atoms with Crippen LogP contribution in [0.1, 0.15) is 44.6 Å². The predicted octanol–water partition coefficient (Wildman–Crippen LogP) is 3.50. The lowest BCUT2D eigenvalue weighted by atomic mass is 9.84. The maximum Gasteiger partial charge on any atom is 0.191 e. The Hall–Kier alpha value is -1.06. The van der Waals surface area contributed by atoms with Crippen molar-refractivity contribution in [2.45, 2.75) is 57.6 Å². The number of nitrogens with zero attached hydrogens (tertiary/aromatic N) is 3. The number of rotatable bonds is 7. The second-order valence-corrected chi connectivity index (χ2v) is 9.13. The number of guanidine groups is 1. The number of ether oxygens (including phenoxy) is 1. The van der Waals surface area contributed by atoms with Gasteiger partial charge in [-0.1, -0.05) is 18.6 Å². The van der Waals surface area contributed by atoms with Crippen LogP contribution in [0.4, 0.5) is 0 Å². The van der Waals surface area contributed by atoms with Crippen molar-refractivity contribution in [3.8, 4) is 5.75 Å². The molecule has 2 aliphatic rings. The van der Waals surface area contributed by atoms with E-state index >= 15 is 0 Å². The molecule has 0 amide bonds. The average molecular weight is 544 g/mol. The summed E-state index contributed by atoms with van der Waals surface area (Å²) in [5.41, 5.74) is 1.46. The highest BCUT2D eigenvalue weighted by molar-refractivity contribution is 14.0. The first-order chi connectivity index (χ1) is 14.5. The number of hydrogen-bond donors (Lipinski definition) is 2. The fraction of sp³-hybridized carbons (Fsp3) is 0.708. The number of hydrogen-bond acceptors (Lipinski definition) is 4. The fourth-order valence-electron chi connectivity index (χ4n) is 4.68. The van der Waals surface area contributed by atoms with Gasteiger partial charge in [-0.15, -0.1) is 24.0 Å². The van der Waals surface area contributed by atoms with Crippen LogP contribution >= 0.6 is 24.0 Å². The van der Waals surface area contributed by atoms with Crippen LogP contribution in [0.25, 0.3) is 0 Å². The van der Waals surface area contributed by atoms with Gasteiger partial charge < -0.3 is 20.3 Å². The lowest BCUT2D eigenvalue weighted by Crippen LogP contribution is -2.62. The summed E-state index contributed by atoms with van der Waals surface area (Å²) >= 11 is 0. The molecule has 0 bridgehead atoms. The van der Waals surface area contributed by atoms with E-state index in [0.717, 1.165) is 18.3 Å². The number of aliphatic imine (C=N–C) groups is 1. The molecule has 1 unspecified atom stereocenters. The first-order valence-electron chi connectivity index (χ1n) is 11.6. The molecule has 0 saturated carbocycles. The van der Waals surface area contributed by atoms with E-state index in [-0.39, 0.29) is 35.6 Å². The molecule has 0 aromatic heterocycles. The van der Waals surface area contributed by atoms with Crippen LogP contribution in [0.2, 0.25) is 0 Å². The second-order valence-electron chi connectivity index (χ2n) is 9.13. The zero-order valence-corrected chi connectivity index (χ0v) is 22.2. The lowest BCUT2D eigenvalue weighted by Gasteiger charge is -2.50. The highest BCUT2D eigenvalue weighted by Crippen LogP contribution is 2.30. The Labute approximate surface area is 206 Å². The summed E-state index contributed by atoms with van der Waals surface area (Å²) in [6.07, 6.45) is 6.55. The molecule has 31 heavy (non-hydrogen) atoms. The predicted molar refractivity (Wildman–Crippen MR) is 141 cm³/mol. The molecule has 2 aliphatic heterocycles. The van der Waals surface area contributed by atoms with Crippen molar-refractivity contribution in [2.24, 2.45) is 4.99 Å². The zero-order valence-electron chi connectivity index (χ0n) is 19.8. The van der Waals surface area contributed by atoms with Crippen LogP contribution in [-0.2, 0) is 0 Å².